The first kappa shape index (κ1) is 9.69. The smallest absolute Gasteiger partial charge is 0.135 e. The molecule has 9 rings (SSSR count). The van der Waals surface area contributed by atoms with Gasteiger partial charge in [-0.05, 0) is 83.8 Å². The predicted molar refractivity (Wildman–Crippen MR) is 183 cm³/mol. The van der Waals surface area contributed by atoms with Crippen molar-refractivity contribution in [2.75, 3.05) is 0 Å². The summed E-state index contributed by atoms with van der Waals surface area (Å²) in [5, 5.41) is -4.92. The second kappa shape index (κ2) is 9.44. The van der Waals surface area contributed by atoms with Gasteiger partial charge in [0.15, 0.2) is 0 Å². The van der Waals surface area contributed by atoms with Gasteiger partial charge in [-0.15, -0.1) is 0 Å². The zero-order chi connectivity index (χ0) is 51.0. The van der Waals surface area contributed by atoms with Gasteiger partial charge < -0.3 is 4.42 Å². The molecule has 1 heteroatoms. The molecule has 0 aliphatic carbocycles. The van der Waals surface area contributed by atoms with Crippen LogP contribution in [0, 0.1) is 0 Å². The highest BCUT2D eigenvalue weighted by Gasteiger charge is 2.18. The van der Waals surface area contributed by atoms with E-state index in [2.05, 4.69) is 0 Å². The normalized spacial score (nSPS) is 20.2. The average Bonchev–Trinajstić information content (AvgIpc) is 3.73. The van der Waals surface area contributed by atoms with Crippen LogP contribution in [0.1, 0.15) is 35.6 Å². The summed E-state index contributed by atoms with van der Waals surface area (Å²) in [5.74, 6) is 0. The van der Waals surface area contributed by atoms with Crippen LogP contribution in [0.25, 0.3) is 87.6 Å². The van der Waals surface area contributed by atoms with Gasteiger partial charge in [0.1, 0.15) is 11.2 Å². The maximum absolute atomic E-state index is 9.51. The summed E-state index contributed by atoms with van der Waals surface area (Å²) in [6.07, 6.45) is 0. The van der Waals surface area contributed by atoms with Crippen molar-refractivity contribution >= 4 is 54.3 Å². The topological polar surface area (TPSA) is 13.1 Å². The molecule has 8 aromatic carbocycles. The summed E-state index contributed by atoms with van der Waals surface area (Å²) in [5.41, 5.74) is -5.46. The SMILES string of the molecule is [2H]c1c([2H])c(-c2c3c([2H])c([2H])c([2H])c([2H])c3c(-c3c([2H])c([2H])c([2H])c4c([2H])c([2H])c([2H])c([2H])c34)c3c([2H])c([2H])c([2H])c([2H])c23)c([2H])c([2H])c1-c1c([2H])c([2H])c2oc3c([2H])c([2H])c([2H])c([2H])c3c2c1[2H]. The van der Waals surface area contributed by atoms with Crippen molar-refractivity contribution in [3.63, 3.8) is 0 Å². The molecule has 0 saturated carbocycles. The molecule has 9 aromatic rings. The van der Waals surface area contributed by atoms with E-state index in [4.69, 9.17) is 26.3 Å². The second-order valence-electron chi connectivity index (χ2n) is 9.26. The van der Waals surface area contributed by atoms with E-state index in [-0.39, 0.29) is 5.39 Å². The molecule has 0 spiro atoms. The molecule has 0 aliphatic heterocycles. The predicted octanol–water partition coefficient (Wildman–Crippen LogP) is 12.0. The van der Waals surface area contributed by atoms with Crippen molar-refractivity contribution in [2.24, 2.45) is 0 Å². The number of para-hydroxylation sites is 1. The Bertz CT molecular complexity index is 3850. The monoisotopic (exact) mass is 572 g/mol. The lowest BCUT2D eigenvalue weighted by Gasteiger charge is -2.19. The Labute approximate surface area is 285 Å². The van der Waals surface area contributed by atoms with Crippen LogP contribution in [0.15, 0.2) is 162 Å². The van der Waals surface area contributed by atoms with Crippen LogP contribution < -0.4 is 0 Å². The minimum atomic E-state index is -1.07. The first-order valence-electron chi connectivity index (χ1n) is 25.7. The highest BCUT2D eigenvalue weighted by atomic mass is 16.3. The van der Waals surface area contributed by atoms with E-state index >= 15 is 0 Å². The van der Waals surface area contributed by atoms with Gasteiger partial charge in [0.05, 0.1) is 35.6 Å². The van der Waals surface area contributed by atoms with Crippen LogP contribution in [-0.2, 0) is 0 Å². The highest BCUT2D eigenvalue weighted by Crippen LogP contribution is 2.45. The van der Waals surface area contributed by atoms with Crippen molar-refractivity contribution in [3.05, 3.63) is 157 Å². The Morgan fingerprint density at radius 1 is 0.349 bits per heavy atom. The van der Waals surface area contributed by atoms with Gasteiger partial charge in [-0.1, -0.05) is 139 Å². The van der Waals surface area contributed by atoms with E-state index in [1.807, 2.05) is 0 Å². The summed E-state index contributed by atoms with van der Waals surface area (Å²) in [7, 11) is 0. The lowest BCUT2D eigenvalue weighted by atomic mass is 9.84. The molecule has 0 bridgehead atoms. The van der Waals surface area contributed by atoms with Crippen LogP contribution in [0.2, 0.25) is 0 Å². The summed E-state index contributed by atoms with van der Waals surface area (Å²) in [4.78, 5) is 0. The van der Waals surface area contributed by atoms with E-state index in [1.165, 1.54) is 0 Å². The van der Waals surface area contributed by atoms with Crippen LogP contribution in [-0.4, -0.2) is 0 Å². The average molecular weight is 573 g/mol. The van der Waals surface area contributed by atoms with Gasteiger partial charge in [0.25, 0.3) is 0 Å². The first-order chi connectivity index (χ1) is 32.2. The van der Waals surface area contributed by atoms with E-state index in [0.29, 0.717) is 0 Å². The third-order valence-electron chi connectivity index (χ3n) is 6.95. The van der Waals surface area contributed by atoms with E-state index < -0.39 is 239 Å². The van der Waals surface area contributed by atoms with Gasteiger partial charge in [0.2, 0.25) is 0 Å². The van der Waals surface area contributed by atoms with E-state index in [9.17, 15) is 13.7 Å². The van der Waals surface area contributed by atoms with Gasteiger partial charge >= 0.3 is 0 Å². The Morgan fingerprint density at radius 3 is 1.58 bits per heavy atom. The third kappa shape index (κ3) is 3.72. The van der Waals surface area contributed by atoms with Crippen molar-refractivity contribution in [1.82, 2.24) is 0 Å². The number of hydrogen-bond acceptors (Lipinski definition) is 1. The Hall–Kier alpha value is -5.66. The largest absolute Gasteiger partial charge is 0.456 e. The summed E-state index contributed by atoms with van der Waals surface area (Å²) in [6, 6.07) is -23.5. The maximum Gasteiger partial charge on any atom is 0.135 e. The van der Waals surface area contributed by atoms with Crippen molar-refractivity contribution in [2.45, 2.75) is 0 Å². The maximum atomic E-state index is 9.51. The van der Waals surface area contributed by atoms with E-state index in [0.717, 1.165) is 0 Å². The summed E-state index contributed by atoms with van der Waals surface area (Å²) >= 11 is 0. The van der Waals surface area contributed by atoms with Crippen molar-refractivity contribution in [1.29, 1.82) is 0 Å². The van der Waals surface area contributed by atoms with Gasteiger partial charge in [-0.3, -0.25) is 0 Å². The summed E-state index contributed by atoms with van der Waals surface area (Å²) in [6.45, 7) is 0. The number of furan rings is 1. The van der Waals surface area contributed by atoms with Crippen molar-refractivity contribution < 1.29 is 40.1 Å². The Morgan fingerprint density at radius 2 is 0.860 bits per heavy atom. The van der Waals surface area contributed by atoms with Crippen LogP contribution in [0.3, 0.4) is 0 Å². The Balaban J connectivity index is 1.54. The molecule has 0 aliphatic rings. The molecule has 1 nitrogen and oxygen atoms in total. The molecule has 0 N–H and O–H groups in total. The molecule has 1 heterocycles. The fraction of sp³-hybridized carbons (Fsp3) is 0. The van der Waals surface area contributed by atoms with Gasteiger partial charge in [0, 0.05) is 10.8 Å². The Kier molecular flexibility index (Phi) is 2.13. The minimum Gasteiger partial charge on any atom is -0.456 e. The van der Waals surface area contributed by atoms with Crippen molar-refractivity contribution in [3.8, 4) is 33.4 Å². The van der Waals surface area contributed by atoms with Crippen LogP contribution in [0.4, 0.5) is 0 Å². The minimum absolute atomic E-state index is 0.377. The number of hydrogen-bond donors (Lipinski definition) is 0. The molecular formula is C42H26O. The molecule has 43 heavy (non-hydrogen) atoms. The molecule has 0 amide bonds. The molecule has 200 valence electrons. The number of fused-ring (bicyclic) bond motifs is 6. The zero-order valence-electron chi connectivity index (χ0n) is 47.4. The lowest BCUT2D eigenvalue weighted by molar-refractivity contribution is 0.669. The molecule has 1 aromatic heterocycles. The molecule has 0 atom stereocenters. The highest BCUT2D eigenvalue weighted by molar-refractivity contribution is 6.23. The second-order valence-corrected chi connectivity index (χ2v) is 9.26. The zero-order valence-corrected chi connectivity index (χ0v) is 21.4. The fourth-order valence-electron chi connectivity index (χ4n) is 5.12. The molecule has 0 unspecified atom stereocenters. The molecule has 0 saturated heterocycles. The molecule has 0 radical (unpaired) electrons. The van der Waals surface area contributed by atoms with Crippen LogP contribution in [0.5, 0.6) is 0 Å². The lowest BCUT2D eigenvalue weighted by Crippen LogP contribution is -1.91. The number of benzene rings is 8. The standard InChI is InChI=1S/C42H26O/c1-2-12-31-28(10-1)11-9-18-33(31)42-36-16-5-3-14-34(36)41(35-15-4-6-17-37(35)42)29-22-20-27(21-23-29)30-24-25-40-38(26-30)32-13-7-8-19-39(32)43-40/h1-26H/i1D,2D,3D,4D,5D,6D,7D,8D,9D,10D,11D,12D,13D,14D,15D,16D,17D,18D,19D,20D,21D,22D,23D,24D,25D,26D. The molecule has 0 fully saturated rings. The van der Waals surface area contributed by atoms with Gasteiger partial charge in [-0.2, -0.15) is 0 Å². The van der Waals surface area contributed by atoms with E-state index in [1.54, 1.807) is 0 Å². The number of rotatable bonds is 3. The first-order valence-corrected chi connectivity index (χ1v) is 12.7. The molecular weight excluding hydrogens is 520 g/mol. The van der Waals surface area contributed by atoms with Gasteiger partial charge in [-0.25, -0.2) is 0 Å². The van der Waals surface area contributed by atoms with Crippen LogP contribution >= 0.6 is 0 Å². The third-order valence-corrected chi connectivity index (χ3v) is 6.95. The fourth-order valence-corrected chi connectivity index (χ4v) is 5.12. The quantitative estimate of drug-likeness (QED) is 0.192. The summed E-state index contributed by atoms with van der Waals surface area (Å²) < 4.78 is 237.